The highest BCUT2D eigenvalue weighted by molar-refractivity contribution is 5.78. The zero-order valence-corrected chi connectivity index (χ0v) is 15.3. The van der Waals surface area contributed by atoms with Gasteiger partial charge in [0.15, 0.2) is 0 Å². The average molecular weight is 332 g/mol. The van der Waals surface area contributed by atoms with Gasteiger partial charge in [-0.2, -0.15) is 0 Å². The number of carbonyl (C=O) groups excluding carboxylic acids is 1. The lowest BCUT2D eigenvalue weighted by molar-refractivity contribution is -0.126. The number of aliphatic hydroxyl groups is 1. The number of hydrogen-bond acceptors (Lipinski definition) is 3. The Kier molecular flexibility index (Phi) is 7.10. The van der Waals surface area contributed by atoms with Crippen LogP contribution in [0.3, 0.4) is 0 Å². The third kappa shape index (κ3) is 4.97. The number of hydrogen-bond donors (Lipinski definition) is 2. The Hall–Kier alpha value is -1.55. The monoisotopic (exact) mass is 332 g/mol. The van der Waals surface area contributed by atoms with Crippen molar-refractivity contribution >= 4 is 11.6 Å². The molecule has 134 valence electrons. The van der Waals surface area contributed by atoms with Crippen molar-refractivity contribution in [1.29, 1.82) is 0 Å². The summed E-state index contributed by atoms with van der Waals surface area (Å²) < 4.78 is 0. The summed E-state index contributed by atoms with van der Waals surface area (Å²) in [6.45, 7) is 9.16. The van der Waals surface area contributed by atoms with E-state index < -0.39 is 0 Å². The molecule has 0 aromatic heterocycles. The van der Waals surface area contributed by atoms with Crippen LogP contribution in [0.5, 0.6) is 0 Å². The number of amides is 1. The lowest BCUT2D eigenvalue weighted by Gasteiger charge is -2.33. The minimum Gasteiger partial charge on any atom is -0.396 e. The van der Waals surface area contributed by atoms with Gasteiger partial charge in [-0.15, -0.1) is 0 Å². The van der Waals surface area contributed by atoms with Crippen molar-refractivity contribution in [2.45, 2.75) is 46.6 Å². The molecule has 1 aromatic rings. The van der Waals surface area contributed by atoms with Gasteiger partial charge in [-0.05, 0) is 42.4 Å². The van der Waals surface area contributed by atoms with Gasteiger partial charge in [0.2, 0.25) is 5.91 Å². The van der Waals surface area contributed by atoms with Gasteiger partial charge in [-0.3, -0.25) is 4.79 Å². The molecule has 24 heavy (non-hydrogen) atoms. The standard InChI is InChI=1S/C20H32N2O2/c1-4-15(2)16(3)20(24)21-13-17-5-7-19(8-6-17)22-11-9-18(14-23)10-12-22/h5-8,15-16,18,23H,4,9-14H2,1-3H3,(H,21,24). The van der Waals surface area contributed by atoms with E-state index in [1.807, 2.05) is 6.92 Å². The molecular weight excluding hydrogens is 300 g/mol. The maximum Gasteiger partial charge on any atom is 0.223 e. The van der Waals surface area contributed by atoms with Crippen LogP contribution in [0.15, 0.2) is 24.3 Å². The molecule has 0 bridgehead atoms. The van der Waals surface area contributed by atoms with E-state index in [-0.39, 0.29) is 11.8 Å². The summed E-state index contributed by atoms with van der Waals surface area (Å²) in [6, 6.07) is 8.47. The molecule has 0 aliphatic carbocycles. The van der Waals surface area contributed by atoms with Crippen LogP contribution in [0.1, 0.15) is 45.6 Å². The van der Waals surface area contributed by atoms with Crippen LogP contribution in [0.2, 0.25) is 0 Å². The van der Waals surface area contributed by atoms with Crippen LogP contribution < -0.4 is 10.2 Å². The van der Waals surface area contributed by atoms with Crippen LogP contribution in [0.25, 0.3) is 0 Å². The SMILES string of the molecule is CCC(C)C(C)C(=O)NCc1ccc(N2CCC(CO)CC2)cc1. The van der Waals surface area contributed by atoms with Crippen LogP contribution in [0.4, 0.5) is 5.69 Å². The summed E-state index contributed by atoms with van der Waals surface area (Å²) in [5, 5.41) is 12.3. The average Bonchev–Trinajstić information content (AvgIpc) is 2.65. The van der Waals surface area contributed by atoms with Crippen molar-refractivity contribution in [1.82, 2.24) is 5.32 Å². The van der Waals surface area contributed by atoms with Gasteiger partial charge in [-0.1, -0.05) is 39.3 Å². The van der Waals surface area contributed by atoms with E-state index in [0.29, 0.717) is 25.0 Å². The highest BCUT2D eigenvalue weighted by Crippen LogP contribution is 2.23. The number of anilines is 1. The van der Waals surface area contributed by atoms with Crippen LogP contribution >= 0.6 is 0 Å². The fraction of sp³-hybridized carbons (Fsp3) is 0.650. The maximum atomic E-state index is 12.2. The Balaban J connectivity index is 1.83. The quantitative estimate of drug-likeness (QED) is 0.806. The van der Waals surface area contributed by atoms with E-state index in [4.69, 9.17) is 0 Å². The largest absolute Gasteiger partial charge is 0.396 e. The molecule has 2 N–H and O–H groups in total. The lowest BCUT2D eigenvalue weighted by Crippen LogP contribution is -2.34. The molecule has 0 saturated carbocycles. The molecular formula is C20H32N2O2. The van der Waals surface area contributed by atoms with E-state index in [2.05, 4.69) is 48.3 Å². The molecule has 1 saturated heterocycles. The number of nitrogens with one attached hydrogen (secondary N) is 1. The molecule has 1 aliphatic heterocycles. The predicted octanol–water partition coefficient (Wildman–Crippen LogP) is 3.19. The normalized spacial score (nSPS) is 18.2. The molecule has 4 heteroatoms. The molecule has 4 nitrogen and oxygen atoms in total. The number of carbonyl (C=O) groups is 1. The number of nitrogens with zero attached hydrogens (tertiary/aromatic N) is 1. The zero-order chi connectivity index (χ0) is 17.5. The second-order valence-corrected chi connectivity index (χ2v) is 7.17. The summed E-state index contributed by atoms with van der Waals surface area (Å²) in [7, 11) is 0. The molecule has 2 rings (SSSR count). The van der Waals surface area contributed by atoms with Crippen molar-refractivity contribution in [3.8, 4) is 0 Å². The minimum absolute atomic E-state index is 0.0575. The highest BCUT2D eigenvalue weighted by atomic mass is 16.3. The third-order valence-corrected chi connectivity index (χ3v) is 5.55. The van der Waals surface area contributed by atoms with Gasteiger partial charge >= 0.3 is 0 Å². The first-order valence-corrected chi connectivity index (χ1v) is 9.27. The Morgan fingerprint density at radius 1 is 1.25 bits per heavy atom. The van der Waals surface area contributed by atoms with Crippen LogP contribution in [-0.4, -0.2) is 30.7 Å². The fourth-order valence-corrected chi connectivity index (χ4v) is 3.16. The Labute approximate surface area is 146 Å². The second-order valence-electron chi connectivity index (χ2n) is 7.17. The summed E-state index contributed by atoms with van der Waals surface area (Å²) >= 11 is 0. The van der Waals surface area contributed by atoms with E-state index in [9.17, 15) is 9.90 Å². The van der Waals surface area contributed by atoms with Crippen molar-refractivity contribution in [3.05, 3.63) is 29.8 Å². The Morgan fingerprint density at radius 3 is 2.42 bits per heavy atom. The molecule has 2 atom stereocenters. The topological polar surface area (TPSA) is 52.6 Å². The number of rotatable bonds is 7. The Bertz CT molecular complexity index is 507. The van der Waals surface area contributed by atoms with Gasteiger partial charge in [0, 0.05) is 37.8 Å². The number of piperidine rings is 1. The van der Waals surface area contributed by atoms with E-state index in [1.165, 1.54) is 5.69 Å². The third-order valence-electron chi connectivity index (χ3n) is 5.55. The molecule has 0 radical (unpaired) electrons. The molecule has 2 unspecified atom stereocenters. The summed E-state index contributed by atoms with van der Waals surface area (Å²) in [6.07, 6.45) is 3.14. The van der Waals surface area contributed by atoms with Gasteiger partial charge in [0.1, 0.15) is 0 Å². The van der Waals surface area contributed by atoms with Crippen LogP contribution in [0, 0.1) is 17.8 Å². The minimum atomic E-state index is 0.0575. The lowest BCUT2D eigenvalue weighted by atomic mass is 9.93. The first kappa shape index (κ1) is 18.8. The molecule has 1 aromatic carbocycles. The Morgan fingerprint density at radius 2 is 1.88 bits per heavy atom. The van der Waals surface area contributed by atoms with Gasteiger partial charge < -0.3 is 15.3 Å². The molecule has 1 aliphatic rings. The molecule has 0 spiro atoms. The predicted molar refractivity (Wildman–Crippen MR) is 98.9 cm³/mol. The van der Waals surface area contributed by atoms with Gasteiger partial charge in [0.25, 0.3) is 0 Å². The van der Waals surface area contributed by atoms with Crippen molar-refractivity contribution in [2.24, 2.45) is 17.8 Å². The first-order valence-electron chi connectivity index (χ1n) is 9.27. The second kappa shape index (κ2) is 9.07. The molecule has 1 fully saturated rings. The maximum absolute atomic E-state index is 12.2. The number of aliphatic hydroxyl groups excluding tert-OH is 1. The fourth-order valence-electron chi connectivity index (χ4n) is 3.16. The van der Waals surface area contributed by atoms with Gasteiger partial charge in [0.05, 0.1) is 0 Å². The van der Waals surface area contributed by atoms with E-state index in [0.717, 1.165) is 37.9 Å². The summed E-state index contributed by atoms with van der Waals surface area (Å²) in [5.74, 6) is 1.07. The summed E-state index contributed by atoms with van der Waals surface area (Å²) in [4.78, 5) is 14.5. The molecule has 1 amide bonds. The number of benzene rings is 1. The van der Waals surface area contributed by atoms with Crippen molar-refractivity contribution in [3.63, 3.8) is 0 Å². The van der Waals surface area contributed by atoms with Crippen LogP contribution in [-0.2, 0) is 11.3 Å². The van der Waals surface area contributed by atoms with Crippen molar-refractivity contribution in [2.75, 3.05) is 24.6 Å². The summed E-state index contributed by atoms with van der Waals surface area (Å²) in [5.41, 5.74) is 2.36. The van der Waals surface area contributed by atoms with Crippen molar-refractivity contribution < 1.29 is 9.90 Å². The van der Waals surface area contributed by atoms with E-state index in [1.54, 1.807) is 0 Å². The molecule has 1 heterocycles. The smallest absolute Gasteiger partial charge is 0.223 e. The van der Waals surface area contributed by atoms with E-state index >= 15 is 0 Å². The highest BCUT2D eigenvalue weighted by Gasteiger charge is 2.19. The zero-order valence-electron chi connectivity index (χ0n) is 15.3. The first-order chi connectivity index (χ1) is 11.5. The van der Waals surface area contributed by atoms with Gasteiger partial charge in [-0.25, -0.2) is 0 Å².